The predicted octanol–water partition coefficient (Wildman–Crippen LogP) is 1.05. The highest BCUT2D eigenvalue weighted by Crippen LogP contribution is 2.15. The molecule has 3 aromatic rings. The van der Waals surface area contributed by atoms with E-state index >= 15 is 0 Å². The van der Waals surface area contributed by atoms with Gasteiger partial charge in [-0.15, -0.1) is 0 Å². The van der Waals surface area contributed by atoms with E-state index in [0.717, 1.165) is 0 Å². The Hall–Kier alpha value is -3.16. The first-order valence-corrected chi connectivity index (χ1v) is 7.12. The summed E-state index contributed by atoms with van der Waals surface area (Å²) >= 11 is 0. The van der Waals surface area contributed by atoms with Crippen molar-refractivity contribution in [1.82, 2.24) is 25.1 Å². The summed E-state index contributed by atoms with van der Waals surface area (Å²) in [5.41, 5.74) is 0.150. The smallest absolute Gasteiger partial charge is 0.261 e. The number of aromatic amines is 1. The number of nitrogens with one attached hydrogen (secondary N) is 2. The highest BCUT2D eigenvalue weighted by molar-refractivity contribution is 5.93. The van der Waals surface area contributed by atoms with E-state index in [1.165, 1.54) is 18.7 Å². The highest BCUT2D eigenvalue weighted by Gasteiger charge is 2.11. The van der Waals surface area contributed by atoms with Gasteiger partial charge in [-0.2, -0.15) is 5.10 Å². The second-order valence-electron chi connectivity index (χ2n) is 4.86. The first-order valence-electron chi connectivity index (χ1n) is 7.12. The van der Waals surface area contributed by atoms with Gasteiger partial charge in [0.15, 0.2) is 0 Å². The molecule has 3 aromatic heterocycles. The van der Waals surface area contributed by atoms with Crippen LogP contribution >= 0.6 is 0 Å². The van der Waals surface area contributed by atoms with Gasteiger partial charge in [0.05, 0.1) is 12.0 Å². The Labute approximate surface area is 131 Å². The number of carbonyl (C=O) groups excluding carboxylic acids is 1. The monoisotopic (exact) mass is 313 g/mol. The molecule has 0 atom stereocenters. The molecule has 0 fully saturated rings. The Balaban J connectivity index is 1.58. The fourth-order valence-corrected chi connectivity index (χ4v) is 2.11. The van der Waals surface area contributed by atoms with Crippen LogP contribution in [0.4, 0.5) is 0 Å². The molecular weight excluding hydrogens is 298 g/mol. The first-order chi connectivity index (χ1) is 11.2. The Bertz CT molecular complexity index is 821. The summed E-state index contributed by atoms with van der Waals surface area (Å²) in [6.07, 6.45) is 5.28. The maximum atomic E-state index is 12.0. The maximum absolute atomic E-state index is 12.0. The first kappa shape index (κ1) is 14.8. The lowest BCUT2D eigenvalue weighted by Gasteiger charge is -2.05. The number of furan rings is 1. The largest absolute Gasteiger partial charge is 0.463 e. The number of carbonyl (C=O) groups is 1. The lowest BCUT2D eigenvalue weighted by molar-refractivity contribution is 0.0951. The number of nitrogens with zero attached hydrogens (tertiary/aromatic N) is 3. The van der Waals surface area contributed by atoms with Crippen LogP contribution in [0.5, 0.6) is 0 Å². The van der Waals surface area contributed by atoms with Crippen LogP contribution in [0.1, 0.15) is 16.8 Å². The average Bonchev–Trinajstić information content (AvgIpc) is 3.24. The summed E-state index contributed by atoms with van der Waals surface area (Å²) in [5, 5.41) is 6.68. The molecule has 1 amide bonds. The third-order valence-corrected chi connectivity index (χ3v) is 3.26. The summed E-state index contributed by atoms with van der Waals surface area (Å²) in [6.45, 7) is 1.09. The minimum Gasteiger partial charge on any atom is -0.463 e. The van der Waals surface area contributed by atoms with Gasteiger partial charge < -0.3 is 14.7 Å². The number of H-pyrrole nitrogens is 1. The van der Waals surface area contributed by atoms with Crippen molar-refractivity contribution in [2.45, 2.75) is 13.0 Å². The summed E-state index contributed by atoms with van der Waals surface area (Å²) in [5.74, 6) is 0.137. The standard InChI is InChI=1S/C15H15N5O3/c21-14(17-6-2-7-20-10-16-9-18-20)11-4-5-12(19-15(11)22)13-3-1-8-23-13/h1,3-5,8-10H,2,6-7H2,(H,17,21)(H,19,22). The van der Waals surface area contributed by atoms with Crippen LogP contribution in [0.15, 0.2) is 52.4 Å². The molecule has 0 bridgehead atoms. The molecule has 0 spiro atoms. The minimum absolute atomic E-state index is 0.0704. The van der Waals surface area contributed by atoms with Crippen LogP contribution in [0.25, 0.3) is 11.5 Å². The zero-order chi connectivity index (χ0) is 16.1. The van der Waals surface area contributed by atoms with Crippen LogP contribution in [0.3, 0.4) is 0 Å². The Kier molecular flexibility index (Phi) is 4.32. The van der Waals surface area contributed by atoms with Gasteiger partial charge in [-0.3, -0.25) is 14.3 Å². The van der Waals surface area contributed by atoms with Gasteiger partial charge in [0, 0.05) is 13.1 Å². The predicted molar refractivity (Wildman–Crippen MR) is 81.7 cm³/mol. The Morgan fingerprint density at radius 3 is 2.96 bits per heavy atom. The summed E-state index contributed by atoms with van der Waals surface area (Å²) in [4.78, 5) is 30.5. The molecule has 0 saturated carbocycles. The number of rotatable bonds is 6. The molecule has 0 unspecified atom stereocenters. The summed E-state index contributed by atoms with van der Waals surface area (Å²) < 4.78 is 6.88. The van der Waals surface area contributed by atoms with Crippen LogP contribution in [-0.4, -0.2) is 32.2 Å². The molecule has 8 heteroatoms. The second kappa shape index (κ2) is 6.73. The van der Waals surface area contributed by atoms with Gasteiger partial charge in [-0.05, 0) is 30.7 Å². The van der Waals surface area contributed by atoms with Gasteiger partial charge in [0.2, 0.25) is 0 Å². The number of amides is 1. The van der Waals surface area contributed by atoms with E-state index in [2.05, 4.69) is 20.4 Å². The number of hydrogen-bond acceptors (Lipinski definition) is 5. The highest BCUT2D eigenvalue weighted by atomic mass is 16.3. The van der Waals surface area contributed by atoms with Crippen LogP contribution in [0, 0.1) is 0 Å². The van der Waals surface area contributed by atoms with Crippen LogP contribution in [-0.2, 0) is 6.54 Å². The molecule has 3 rings (SSSR count). The zero-order valence-corrected chi connectivity index (χ0v) is 12.2. The van der Waals surface area contributed by atoms with E-state index in [1.54, 1.807) is 29.2 Å². The van der Waals surface area contributed by atoms with Gasteiger partial charge in [0.1, 0.15) is 24.0 Å². The number of pyridine rings is 1. The topological polar surface area (TPSA) is 106 Å². The number of aryl methyl sites for hydroxylation is 1. The lowest BCUT2D eigenvalue weighted by atomic mass is 10.2. The molecular formula is C15H15N5O3. The number of hydrogen-bond donors (Lipinski definition) is 2. The fourth-order valence-electron chi connectivity index (χ4n) is 2.11. The molecule has 0 saturated heterocycles. The maximum Gasteiger partial charge on any atom is 0.261 e. The normalized spacial score (nSPS) is 10.6. The van der Waals surface area contributed by atoms with E-state index < -0.39 is 11.5 Å². The number of aromatic nitrogens is 4. The molecule has 118 valence electrons. The van der Waals surface area contributed by atoms with Crippen molar-refractivity contribution in [3.63, 3.8) is 0 Å². The third kappa shape index (κ3) is 3.54. The van der Waals surface area contributed by atoms with Crippen LogP contribution < -0.4 is 10.9 Å². The van der Waals surface area contributed by atoms with Crippen molar-refractivity contribution in [3.8, 4) is 11.5 Å². The summed E-state index contributed by atoms with van der Waals surface area (Å²) in [7, 11) is 0. The molecule has 0 aromatic carbocycles. The third-order valence-electron chi connectivity index (χ3n) is 3.26. The van der Waals surface area contributed by atoms with Crippen molar-refractivity contribution < 1.29 is 9.21 Å². The van der Waals surface area contributed by atoms with Crippen molar-refractivity contribution >= 4 is 5.91 Å². The van der Waals surface area contributed by atoms with E-state index in [9.17, 15) is 9.59 Å². The minimum atomic E-state index is -0.451. The zero-order valence-electron chi connectivity index (χ0n) is 12.2. The molecule has 0 radical (unpaired) electrons. The van der Waals surface area contributed by atoms with Crippen molar-refractivity contribution in [2.75, 3.05) is 6.54 Å². The van der Waals surface area contributed by atoms with Gasteiger partial charge in [0.25, 0.3) is 11.5 Å². The Morgan fingerprint density at radius 2 is 2.26 bits per heavy atom. The second-order valence-corrected chi connectivity index (χ2v) is 4.86. The van der Waals surface area contributed by atoms with E-state index in [4.69, 9.17) is 4.42 Å². The van der Waals surface area contributed by atoms with Gasteiger partial charge in [-0.1, -0.05) is 0 Å². The molecule has 0 aliphatic carbocycles. The quantitative estimate of drug-likeness (QED) is 0.662. The molecule has 23 heavy (non-hydrogen) atoms. The van der Waals surface area contributed by atoms with Crippen molar-refractivity contribution in [1.29, 1.82) is 0 Å². The Morgan fingerprint density at radius 1 is 1.35 bits per heavy atom. The van der Waals surface area contributed by atoms with Gasteiger partial charge >= 0.3 is 0 Å². The average molecular weight is 313 g/mol. The SMILES string of the molecule is O=C(NCCCn1cncn1)c1ccc(-c2ccco2)[nH]c1=O. The molecule has 2 N–H and O–H groups in total. The molecule has 3 heterocycles. The molecule has 8 nitrogen and oxygen atoms in total. The van der Waals surface area contributed by atoms with Crippen molar-refractivity contribution in [2.24, 2.45) is 0 Å². The van der Waals surface area contributed by atoms with Crippen LogP contribution in [0.2, 0.25) is 0 Å². The van der Waals surface area contributed by atoms with Gasteiger partial charge in [-0.25, -0.2) is 4.98 Å². The molecule has 0 aliphatic heterocycles. The van der Waals surface area contributed by atoms with E-state index in [-0.39, 0.29) is 5.56 Å². The lowest BCUT2D eigenvalue weighted by Crippen LogP contribution is -2.30. The van der Waals surface area contributed by atoms with Crippen molar-refractivity contribution in [3.05, 3.63) is 59.1 Å². The van der Waals surface area contributed by atoms with E-state index in [0.29, 0.717) is 31.0 Å². The van der Waals surface area contributed by atoms with E-state index in [1.807, 2.05) is 0 Å². The molecule has 0 aliphatic rings. The summed E-state index contributed by atoms with van der Waals surface area (Å²) in [6, 6.07) is 6.59. The fraction of sp³-hybridized carbons (Fsp3) is 0.200.